The minimum atomic E-state index is -1.89. The molecular weight excluding hydrogens is 408 g/mol. The summed E-state index contributed by atoms with van der Waals surface area (Å²) in [5, 5.41) is 0. The molecule has 5 nitrogen and oxygen atoms in total. The average Bonchev–Trinajstić information content (AvgIpc) is 2.98. The summed E-state index contributed by atoms with van der Waals surface area (Å²) in [5.74, 6) is 0. The standard InChI is InChI=1S/C25H42N2O3S/c1-5-26(16-9-10-18-27-17-8-6-7-11-24(27)20-28)21(2)19-22-12-14-23(15-13-22)25(3,4)31(29)30/h12-15,20-21,24H,5-11,16-19H2,1-4H3,(H,29,30). The van der Waals surface area contributed by atoms with Gasteiger partial charge in [-0.3, -0.25) is 4.90 Å². The summed E-state index contributed by atoms with van der Waals surface area (Å²) in [7, 11) is 0. The first-order valence-electron chi connectivity index (χ1n) is 11.9. The Hall–Kier alpha value is -1.08. The number of likely N-dealkylation sites (tertiary alicyclic amines) is 1. The predicted octanol–water partition coefficient (Wildman–Crippen LogP) is 4.62. The molecule has 0 bridgehead atoms. The van der Waals surface area contributed by atoms with Gasteiger partial charge in [0.1, 0.15) is 6.29 Å². The molecule has 2 rings (SSSR count). The van der Waals surface area contributed by atoms with Crippen LogP contribution < -0.4 is 0 Å². The number of nitrogens with zero attached hydrogens (tertiary/aromatic N) is 2. The van der Waals surface area contributed by atoms with Gasteiger partial charge in [0, 0.05) is 6.04 Å². The topological polar surface area (TPSA) is 60.9 Å². The van der Waals surface area contributed by atoms with Crippen molar-refractivity contribution in [3.8, 4) is 0 Å². The Morgan fingerprint density at radius 3 is 2.55 bits per heavy atom. The monoisotopic (exact) mass is 450 g/mol. The second-order valence-corrected chi connectivity index (χ2v) is 11.0. The fourth-order valence-electron chi connectivity index (χ4n) is 4.56. The van der Waals surface area contributed by atoms with E-state index >= 15 is 0 Å². The maximum absolute atomic E-state index is 11.6. The van der Waals surface area contributed by atoms with Crippen LogP contribution in [0.15, 0.2) is 24.3 Å². The van der Waals surface area contributed by atoms with Crippen molar-refractivity contribution in [1.82, 2.24) is 9.80 Å². The van der Waals surface area contributed by atoms with Crippen LogP contribution in [-0.2, 0) is 27.0 Å². The third-order valence-corrected chi connectivity index (χ3v) is 7.97. The predicted molar refractivity (Wildman–Crippen MR) is 130 cm³/mol. The van der Waals surface area contributed by atoms with E-state index in [4.69, 9.17) is 0 Å². The summed E-state index contributed by atoms with van der Waals surface area (Å²) in [6, 6.07) is 8.71. The molecule has 3 unspecified atom stereocenters. The molecule has 176 valence electrons. The fourth-order valence-corrected chi connectivity index (χ4v) is 4.90. The number of aldehydes is 1. The molecule has 0 aliphatic carbocycles. The molecule has 1 aliphatic rings. The van der Waals surface area contributed by atoms with Crippen molar-refractivity contribution in [3.05, 3.63) is 35.4 Å². The first-order valence-corrected chi connectivity index (χ1v) is 13.0. The van der Waals surface area contributed by atoms with E-state index in [0.29, 0.717) is 6.04 Å². The Kier molecular flexibility index (Phi) is 10.8. The van der Waals surface area contributed by atoms with Crippen molar-refractivity contribution in [1.29, 1.82) is 0 Å². The van der Waals surface area contributed by atoms with E-state index in [9.17, 15) is 13.6 Å². The number of unbranched alkanes of at least 4 members (excludes halogenated alkanes) is 1. The van der Waals surface area contributed by atoms with Crippen molar-refractivity contribution in [2.75, 3.05) is 26.2 Å². The van der Waals surface area contributed by atoms with E-state index in [2.05, 4.69) is 35.8 Å². The first-order chi connectivity index (χ1) is 14.8. The summed E-state index contributed by atoms with van der Waals surface area (Å²) in [5.41, 5.74) is 2.15. The van der Waals surface area contributed by atoms with Gasteiger partial charge >= 0.3 is 0 Å². The molecule has 3 atom stereocenters. The van der Waals surface area contributed by atoms with E-state index in [1.54, 1.807) is 13.8 Å². The van der Waals surface area contributed by atoms with Crippen molar-refractivity contribution in [2.45, 2.75) is 89.5 Å². The molecular formula is C25H42N2O3S. The van der Waals surface area contributed by atoms with Crippen LogP contribution in [0.1, 0.15) is 77.3 Å². The fraction of sp³-hybridized carbons (Fsp3) is 0.720. The third-order valence-electron chi connectivity index (χ3n) is 6.86. The summed E-state index contributed by atoms with van der Waals surface area (Å²) < 4.78 is 20.3. The number of hydrogen-bond acceptors (Lipinski definition) is 4. The van der Waals surface area contributed by atoms with Gasteiger partial charge in [-0.15, -0.1) is 0 Å². The molecule has 0 amide bonds. The van der Waals surface area contributed by atoms with Gasteiger partial charge < -0.3 is 14.2 Å². The van der Waals surface area contributed by atoms with E-state index in [1.807, 2.05) is 12.1 Å². The Morgan fingerprint density at radius 2 is 1.94 bits per heavy atom. The van der Waals surface area contributed by atoms with Crippen molar-refractivity contribution in [3.63, 3.8) is 0 Å². The molecule has 0 spiro atoms. The maximum atomic E-state index is 11.6. The normalized spacial score (nSPS) is 20.4. The highest BCUT2D eigenvalue weighted by Gasteiger charge is 2.27. The van der Waals surface area contributed by atoms with Crippen molar-refractivity contribution in [2.24, 2.45) is 0 Å². The van der Waals surface area contributed by atoms with Crippen LogP contribution >= 0.6 is 0 Å². The lowest BCUT2D eigenvalue weighted by atomic mass is 9.98. The zero-order chi connectivity index (χ0) is 22.9. The van der Waals surface area contributed by atoms with E-state index in [-0.39, 0.29) is 6.04 Å². The van der Waals surface area contributed by atoms with E-state index in [0.717, 1.165) is 63.7 Å². The second-order valence-electron chi connectivity index (χ2n) is 9.43. The summed E-state index contributed by atoms with van der Waals surface area (Å²) in [4.78, 5) is 16.3. The van der Waals surface area contributed by atoms with Crippen molar-refractivity contribution >= 4 is 17.4 Å². The zero-order valence-electron chi connectivity index (χ0n) is 19.9. The van der Waals surface area contributed by atoms with Crippen LogP contribution in [0.4, 0.5) is 0 Å². The maximum Gasteiger partial charge on any atom is 0.163 e. The van der Waals surface area contributed by atoms with Gasteiger partial charge in [-0.05, 0) is 90.2 Å². The molecule has 1 aromatic rings. The lowest BCUT2D eigenvalue weighted by Crippen LogP contribution is -2.38. The third kappa shape index (κ3) is 7.77. The molecule has 1 saturated heterocycles. The number of benzene rings is 1. The lowest BCUT2D eigenvalue weighted by molar-refractivity contribution is -0.112. The van der Waals surface area contributed by atoms with Gasteiger partial charge in [-0.1, -0.05) is 44.0 Å². The van der Waals surface area contributed by atoms with E-state index < -0.39 is 15.8 Å². The molecule has 1 fully saturated rings. The number of carbonyl (C=O) groups excluding carboxylic acids is 1. The smallest absolute Gasteiger partial charge is 0.163 e. The van der Waals surface area contributed by atoms with Gasteiger partial charge in [0.05, 0.1) is 10.8 Å². The van der Waals surface area contributed by atoms with Crippen LogP contribution in [0.25, 0.3) is 0 Å². The molecule has 31 heavy (non-hydrogen) atoms. The molecule has 1 aliphatic heterocycles. The number of carbonyl (C=O) groups is 1. The van der Waals surface area contributed by atoms with Gasteiger partial charge in [0.2, 0.25) is 0 Å². The average molecular weight is 451 g/mol. The Balaban J connectivity index is 1.81. The number of hydrogen-bond donors (Lipinski definition) is 1. The molecule has 1 aromatic carbocycles. The van der Waals surface area contributed by atoms with Crippen LogP contribution in [0, 0.1) is 0 Å². The van der Waals surface area contributed by atoms with Gasteiger partial charge in [-0.2, -0.15) is 0 Å². The number of rotatable bonds is 12. The Labute approximate surface area is 191 Å². The number of likely N-dealkylation sites (N-methyl/N-ethyl adjacent to an activating group) is 1. The Morgan fingerprint density at radius 1 is 1.23 bits per heavy atom. The molecule has 0 aromatic heterocycles. The quantitative estimate of drug-likeness (QED) is 0.286. The van der Waals surface area contributed by atoms with Crippen LogP contribution in [0.2, 0.25) is 0 Å². The first kappa shape index (κ1) is 26.2. The SMILES string of the molecule is CCN(CCCCN1CCCCCC1C=O)C(C)Cc1ccc(C(C)(C)S(=O)O)cc1. The molecule has 6 heteroatoms. The van der Waals surface area contributed by atoms with Gasteiger partial charge in [0.15, 0.2) is 11.1 Å². The van der Waals surface area contributed by atoms with Crippen LogP contribution in [0.3, 0.4) is 0 Å². The molecule has 1 N–H and O–H groups in total. The minimum Gasteiger partial charge on any atom is -0.305 e. The minimum absolute atomic E-state index is 0.125. The van der Waals surface area contributed by atoms with E-state index in [1.165, 1.54) is 24.8 Å². The Bertz CT molecular complexity index is 693. The van der Waals surface area contributed by atoms with Crippen molar-refractivity contribution < 1.29 is 13.6 Å². The van der Waals surface area contributed by atoms with Gasteiger partial charge in [-0.25, -0.2) is 4.21 Å². The van der Waals surface area contributed by atoms with Gasteiger partial charge in [0.25, 0.3) is 0 Å². The lowest BCUT2D eigenvalue weighted by Gasteiger charge is -2.29. The zero-order valence-corrected chi connectivity index (χ0v) is 20.7. The molecule has 0 radical (unpaired) electrons. The highest BCUT2D eigenvalue weighted by atomic mass is 32.2. The summed E-state index contributed by atoms with van der Waals surface area (Å²) in [6.07, 6.45) is 9.06. The van der Waals surface area contributed by atoms with Crippen LogP contribution in [0.5, 0.6) is 0 Å². The summed E-state index contributed by atoms with van der Waals surface area (Å²) >= 11 is -1.89. The largest absolute Gasteiger partial charge is 0.305 e. The van der Waals surface area contributed by atoms with Crippen LogP contribution in [-0.4, -0.2) is 63.1 Å². The highest BCUT2D eigenvalue weighted by molar-refractivity contribution is 7.80. The molecule has 0 saturated carbocycles. The summed E-state index contributed by atoms with van der Waals surface area (Å²) in [6.45, 7) is 12.3. The highest BCUT2D eigenvalue weighted by Crippen LogP contribution is 2.26. The molecule has 1 heterocycles. The second kappa shape index (κ2) is 12.8.